The molecule has 0 fully saturated rings. The van der Waals surface area contributed by atoms with E-state index in [1.54, 1.807) is 12.1 Å². The van der Waals surface area contributed by atoms with Crippen LogP contribution in [0.25, 0.3) is 0 Å². The number of halogens is 2. The zero-order valence-corrected chi connectivity index (χ0v) is 15.7. The lowest BCUT2D eigenvalue weighted by molar-refractivity contribution is -0.862. The Kier molecular flexibility index (Phi) is 6.39. The van der Waals surface area contributed by atoms with Gasteiger partial charge in [-0.25, -0.2) is 4.79 Å². The summed E-state index contributed by atoms with van der Waals surface area (Å²) < 4.78 is 1.33. The summed E-state index contributed by atoms with van der Waals surface area (Å²) in [6, 6.07) is 2.23. The van der Waals surface area contributed by atoms with Crippen molar-refractivity contribution < 1.29 is 24.3 Å². The van der Waals surface area contributed by atoms with Crippen LogP contribution in [0.1, 0.15) is 5.56 Å². The molecule has 22 heavy (non-hydrogen) atoms. The number of nitrogens with zero attached hydrogens (tertiary/aromatic N) is 1. The third-order valence-electron chi connectivity index (χ3n) is 2.77. The first-order valence-electron chi connectivity index (χ1n) is 6.49. The van der Waals surface area contributed by atoms with E-state index < -0.39 is 12.0 Å². The van der Waals surface area contributed by atoms with E-state index in [1.165, 1.54) is 0 Å². The van der Waals surface area contributed by atoms with Crippen LogP contribution in [0.5, 0.6) is 5.75 Å². The number of carboxylic acid groups (broad SMARTS) is 1. The normalized spacial score (nSPS) is 12.8. The molecule has 1 amide bonds. The SMILES string of the molecule is C[N+](C)(C)CC(=O)N[C@@H](Cc1cc(Br)c(O)c(Br)c1)C(=O)O. The van der Waals surface area contributed by atoms with Crippen molar-refractivity contribution in [1.82, 2.24) is 5.32 Å². The van der Waals surface area contributed by atoms with Crippen LogP contribution < -0.4 is 5.32 Å². The highest BCUT2D eigenvalue weighted by molar-refractivity contribution is 9.11. The third kappa shape index (κ3) is 5.94. The summed E-state index contributed by atoms with van der Waals surface area (Å²) in [7, 11) is 5.55. The lowest BCUT2D eigenvalue weighted by atomic mass is 10.1. The predicted molar refractivity (Wildman–Crippen MR) is 89.7 cm³/mol. The summed E-state index contributed by atoms with van der Waals surface area (Å²) in [5, 5.41) is 21.5. The van der Waals surface area contributed by atoms with Crippen molar-refractivity contribution in [3.05, 3.63) is 26.6 Å². The standard InChI is InChI=1S/C14H18Br2N2O4/c1-18(2,3)7-12(19)17-11(14(21)22)6-8-4-9(15)13(20)10(16)5-8/h4-5,11H,6-7H2,1-3H3,(H2-,17,19,20,21,22)/p+1/t11-/m0/s1. The molecule has 0 heterocycles. The van der Waals surface area contributed by atoms with Crippen molar-refractivity contribution in [3.8, 4) is 5.75 Å². The Hall–Kier alpha value is -1.12. The quantitative estimate of drug-likeness (QED) is 0.590. The average molecular weight is 439 g/mol. The number of aromatic hydroxyl groups is 1. The smallest absolute Gasteiger partial charge is 0.326 e. The van der Waals surface area contributed by atoms with Gasteiger partial charge in [-0.15, -0.1) is 0 Å². The molecule has 0 bridgehead atoms. The van der Waals surface area contributed by atoms with E-state index in [4.69, 9.17) is 0 Å². The largest absolute Gasteiger partial charge is 0.506 e. The van der Waals surface area contributed by atoms with Gasteiger partial charge in [0.2, 0.25) is 0 Å². The Balaban J connectivity index is 2.85. The number of likely N-dealkylation sites (N-methyl/N-ethyl adjacent to an activating group) is 1. The number of aliphatic carboxylic acids is 1. The fraction of sp³-hybridized carbons (Fsp3) is 0.429. The Bertz CT molecular complexity index is 562. The van der Waals surface area contributed by atoms with Crippen molar-refractivity contribution in [2.45, 2.75) is 12.5 Å². The molecule has 0 aliphatic rings. The zero-order valence-electron chi connectivity index (χ0n) is 12.6. The molecule has 122 valence electrons. The molecule has 8 heteroatoms. The summed E-state index contributed by atoms with van der Waals surface area (Å²) in [4.78, 5) is 23.3. The molecule has 3 N–H and O–H groups in total. The molecule has 0 saturated carbocycles. The van der Waals surface area contributed by atoms with Gasteiger partial charge in [-0.3, -0.25) is 4.79 Å². The van der Waals surface area contributed by atoms with Crippen LogP contribution in [0.3, 0.4) is 0 Å². The number of benzene rings is 1. The number of carbonyl (C=O) groups excluding carboxylic acids is 1. The number of quaternary nitrogens is 1. The number of amides is 1. The molecule has 0 aliphatic heterocycles. The molecular formula is C14H19Br2N2O4+. The monoisotopic (exact) mass is 437 g/mol. The van der Waals surface area contributed by atoms with Gasteiger partial charge in [-0.2, -0.15) is 0 Å². The zero-order chi connectivity index (χ0) is 17.1. The van der Waals surface area contributed by atoms with Gasteiger partial charge < -0.3 is 20.0 Å². The fourth-order valence-electron chi connectivity index (χ4n) is 1.84. The number of phenols is 1. The number of rotatable bonds is 6. The van der Waals surface area contributed by atoms with Gasteiger partial charge in [-0.1, -0.05) is 0 Å². The molecule has 1 atom stereocenters. The molecule has 0 unspecified atom stereocenters. The van der Waals surface area contributed by atoms with Crippen LogP contribution in [0.15, 0.2) is 21.1 Å². The second-order valence-corrected chi connectivity index (χ2v) is 7.73. The number of carboxylic acids is 1. The molecular weight excluding hydrogens is 420 g/mol. The molecule has 0 spiro atoms. The summed E-state index contributed by atoms with van der Waals surface area (Å²) >= 11 is 6.39. The summed E-state index contributed by atoms with van der Waals surface area (Å²) in [6.45, 7) is 0.187. The van der Waals surface area contributed by atoms with E-state index in [1.807, 2.05) is 21.1 Å². The van der Waals surface area contributed by atoms with E-state index in [-0.39, 0.29) is 24.6 Å². The lowest BCUT2D eigenvalue weighted by Crippen LogP contribution is -2.49. The van der Waals surface area contributed by atoms with Crippen molar-refractivity contribution in [2.24, 2.45) is 0 Å². The summed E-state index contributed by atoms with van der Waals surface area (Å²) in [5.74, 6) is -1.38. The van der Waals surface area contributed by atoms with Crippen molar-refractivity contribution in [3.63, 3.8) is 0 Å². The van der Waals surface area contributed by atoms with Crippen LogP contribution in [-0.4, -0.2) is 60.3 Å². The van der Waals surface area contributed by atoms with Crippen molar-refractivity contribution >= 4 is 43.7 Å². The molecule has 0 aromatic heterocycles. The Morgan fingerprint density at radius 1 is 1.23 bits per heavy atom. The Morgan fingerprint density at radius 2 is 1.73 bits per heavy atom. The maximum absolute atomic E-state index is 11.9. The van der Waals surface area contributed by atoms with E-state index in [2.05, 4.69) is 37.2 Å². The fourth-order valence-corrected chi connectivity index (χ4v) is 3.12. The average Bonchev–Trinajstić information content (AvgIpc) is 2.32. The highest BCUT2D eigenvalue weighted by Crippen LogP contribution is 2.33. The number of carbonyl (C=O) groups is 2. The summed E-state index contributed by atoms with van der Waals surface area (Å²) in [6.07, 6.45) is 0.121. The minimum Gasteiger partial charge on any atom is -0.506 e. The van der Waals surface area contributed by atoms with Gasteiger partial charge in [-0.05, 0) is 49.6 Å². The maximum atomic E-state index is 11.9. The van der Waals surface area contributed by atoms with Gasteiger partial charge in [0, 0.05) is 6.42 Å². The van der Waals surface area contributed by atoms with E-state index in [9.17, 15) is 19.8 Å². The highest BCUT2D eigenvalue weighted by Gasteiger charge is 2.24. The van der Waals surface area contributed by atoms with E-state index in [0.717, 1.165) is 0 Å². The first kappa shape index (κ1) is 18.9. The van der Waals surface area contributed by atoms with Crippen molar-refractivity contribution in [1.29, 1.82) is 0 Å². The molecule has 0 saturated heterocycles. The van der Waals surface area contributed by atoms with Gasteiger partial charge in [0.1, 0.15) is 11.8 Å². The van der Waals surface area contributed by atoms with Crippen LogP contribution in [0, 0.1) is 0 Å². The maximum Gasteiger partial charge on any atom is 0.326 e. The number of nitrogens with one attached hydrogen (secondary N) is 1. The van der Waals surface area contributed by atoms with Crippen LogP contribution in [-0.2, 0) is 16.0 Å². The van der Waals surface area contributed by atoms with E-state index in [0.29, 0.717) is 19.0 Å². The van der Waals surface area contributed by atoms with E-state index >= 15 is 0 Å². The topological polar surface area (TPSA) is 86.6 Å². The summed E-state index contributed by atoms with van der Waals surface area (Å²) in [5.41, 5.74) is 0.675. The number of hydrogen-bond donors (Lipinski definition) is 3. The van der Waals surface area contributed by atoms with Crippen molar-refractivity contribution in [2.75, 3.05) is 27.7 Å². The molecule has 0 radical (unpaired) electrons. The molecule has 1 aromatic carbocycles. The first-order valence-corrected chi connectivity index (χ1v) is 8.07. The molecule has 1 rings (SSSR count). The van der Waals surface area contributed by atoms with Crippen LogP contribution in [0.2, 0.25) is 0 Å². The number of hydrogen-bond acceptors (Lipinski definition) is 3. The Labute approximate surface area is 146 Å². The minimum atomic E-state index is -1.10. The predicted octanol–water partition coefficient (Wildman–Crippen LogP) is 1.74. The first-order chi connectivity index (χ1) is 9.99. The van der Waals surface area contributed by atoms with Crippen LogP contribution >= 0.6 is 31.9 Å². The number of phenolic OH excluding ortho intramolecular Hbond substituents is 1. The van der Waals surface area contributed by atoms with Gasteiger partial charge in [0.15, 0.2) is 6.54 Å². The minimum absolute atomic E-state index is 0.0460. The highest BCUT2D eigenvalue weighted by atomic mass is 79.9. The molecule has 0 aliphatic carbocycles. The Morgan fingerprint density at radius 3 is 2.14 bits per heavy atom. The lowest BCUT2D eigenvalue weighted by Gasteiger charge is -2.24. The van der Waals surface area contributed by atoms with Crippen LogP contribution in [0.4, 0.5) is 0 Å². The van der Waals surface area contributed by atoms with Gasteiger partial charge in [0.05, 0.1) is 30.1 Å². The third-order valence-corrected chi connectivity index (χ3v) is 3.98. The molecule has 1 aromatic rings. The van der Waals surface area contributed by atoms with Gasteiger partial charge in [0.25, 0.3) is 5.91 Å². The molecule has 6 nitrogen and oxygen atoms in total. The van der Waals surface area contributed by atoms with Gasteiger partial charge >= 0.3 is 5.97 Å². The second-order valence-electron chi connectivity index (χ2n) is 6.02. The second kappa shape index (κ2) is 7.43.